The Balaban J connectivity index is 2.24. The molecule has 0 atom stereocenters. The fraction of sp³-hybridized carbons (Fsp3) is 0.533. The summed E-state index contributed by atoms with van der Waals surface area (Å²) in [6.45, 7) is 6.46. The van der Waals surface area contributed by atoms with Crippen molar-refractivity contribution >= 4 is 5.69 Å². The standard InChI is InChI=1S/C15H23N3/c1-13(2)18(3)11-7-6-10-17-15-9-5-4-8-14(15)12-16/h4-5,8-9,13,17H,6-7,10-11H2,1-3H3. The van der Waals surface area contributed by atoms with E-state index in [-0.39, 0.29) is 0 Å². The SMILES string of the molecule is CC(C)N(C)CCCCNc1ccccc1C#N. The molecule has 0 bridgehead atoms. The average molecular weight is 245 g/mol. The smallest absolute Gasteiger partial charge is 0.101 e. The van der Waals surface area contributed by atoms with Gasteiger partial charge in [-0.3, -0.25) is 0 Å². The fourth-order valence-corrected chi connectivity index (χ4v) is 1.70. The van der Waals surface area contributed by atoms with Crippen LogP contribution in [0, 0.1) is 11.3 Å². The van der Waals surface area contributed by atoms with Crippen molar-refractivity contribution in [2.75, 3.05) is 25.5 Å². The lowest BCUT2D eigenvalue weighted by Gasteiger charge is -2.20. The van der Waals surface area contributed by atoms with Crippen LogP contribution in [0.2, 0.25) is 0 Å². The Hall–Kier alpha value is -1.53. The molecule has 3 heteroatoms. The number of rotatable bonds is 7. The molecule has 1 aromatic carbocycles. The number of nitrogens with one attached hydrogen (secondary N) is 1. The fourth-order valence-electron chi connectivity index (χ4n) is 1.70. The van der Waals surface area contributed by atoms with Crippen molar-refractivity contribution in [1.29, 1.82) is 5.26 Å². The van der Waals surface area contributed by atoms with E-state index >= 15 is 0 Å². The summed E-state index contributed by atoms with van der Waals surface area (Å²) in [5.74, 6) is 0. The van der Waals surface area contributed by atoms with E-state index in [1.807, 2.05) is 24.3 Å². The van der Waals surface area contributed by atoms with Crippen molar-refractivity contribution in [3.8, 4) is 6.07 Å². The molecule has 0 aliphatic carbocycles. The van der Waals surface area contributed by atoms with Gasteiger partial charge in [0.1, 0.15) is 6.07 Å². The van der Waals surface area contributed by atoms with Crippen LogP contribution in [0.1, 0.15) is 32.3 Å². The molecule has 0 saturated heterocycles. The number of nitrogens with zero attached hydrogens (tertiary/aromatic N) is 2. The molecular formula is C15H23N3. The highest BCUT2D eigenvalue weighted by molar-refractivity contribution is 5.56. The van der Waals surface area contributed by atoms with Crippen LogP contribution in [0.5, 0.6) is 0 Å². The van der Waals surface area contributed by atoms with Crippen LogP contribution in [0.25, 0.3) is 0 Å². The molecule has 98 valence electrons. The lowest BCUT2D eigenvalue weighted by Crippen LogP contribution is -2.27. The van der Waals surface area contributed by atoms with Gasteiger partial charge in [0.25, 0.3) is 0 Å². The van der Waals surface area contributed by atoms with E-state index in [4.69, 9.17) is 5.26 Å². The Morgan fingerprint density at radius 2 is 2.00 bits per heavy atom. The molecule has 0 aliphatic heterocycles. The van der Waals surface area contributed by atoms with Crippen molar-refractivity contribution in [2.24, 2.45) is 0 Å². The van der Waals surface area contributed by atoms with Gasteiger partial charge in [-0.2, -0.15) is 5.26 Å². The highest BCUT2D eigenvalue weighted by atomic mass is 15.1. The highest BCUT2D eigenvalue weighted by Gasteiger charge is 2.02. The summed E-state index contributed by atoms with van der Waals surface area (Å²) >= 11 is 0. The van der Waals surface area contributed by atoms with Crippen LogP contribution >= 0.6 is 0 Å². The lowest BCUT2D eigenvalue weighted by molar-refractivity contribution is 0.269. The van der Waals surface area contributed by atoms with Crippen LogP contribution in [0.4, 0.5) is 5.69 Å². The molecule has 1 rings (SSSR count). The van der Waals surface area contributed by atoms with Crippen molar-refractivity contribution in [3.05, 3.63) is 29.8 Å². The van der Waals surface area contributed by atoms with E-state index in [2.05, 4.69) is 37.2 Å². The molecule has 0 radical (unpaired) electrons. The molecule has 0 amide bonds. The van der Waals surface area contributed by atoms with Gasteiger partial charge in [-0.25, -0.2) is 0 Å². The molecule has 0 aromatic heterocycles. The maximum Gasteiger partial charge on any atom is 0.101 e. The van der Waals surface area contributed by atoms with Crippen LogP contribution in [-0.2, 0) is 0 Å². The first kappa shape index (κ1) is 14.5. The monoisotopic (exact) mass is 245 g/mol. The summed E-state index contributed by atoms with van der Waals surface area (Å²) in [5.41, 5.74) is 1.66. The van der Waals surface area contributed by atoms with Gasteiger partial charge in [0.15, 0.2) is 0 Å². The van der Waals surface area contributed by atoms with Gasteiger partial charge in [0, 0.05) is 12.6 Å². The molecule has 0 spiro atoms. The summed E-state index contributed by atoms with van der Waals surface area (Å²) in [7, 11) is 2.16. The second-order valence-corrected chi connectivity index (χ2v) is 4.87. The van der Waals surface area contributed by atoms with E-state index in [9.17, 15) is 0 Å². The molecule has 0 fully saturated rings. The molecule has 0 unspecified atom stereocenters. The molecule has 0 aliphatic rings. The Morgan fingerprint density at radius 3 is 2.67 bits per heavy atom. The largest absolute Gasteiger partial charge is 0.384 e. The minimum absolute atomic E-state index is 0.609. The topological polar surface area (TPSA) is 39.1 Å². The van der Waals surface area contributed by atoms with Crippen molar-refractivity contribution in [3.63, 3.8) is 0 Å². The summed E-state index contributed by atoms with van der Waals surface area (Å²) < 4.78 is 0. The van der Waals surface area contributed by atoms with Crippen LogP contribution < -0.4 is 5.32 Å². The molecule has 0 heterocycles. The predicted molar refractivity (Wildman–Crippen MR) is 76.6 cm³/mol. The van der Waals surface area contributed by atoms with Crippen molar-refractivity contribution in [1.82, 2.24) is 4.90 Å². The van der Waals surface area contributed by atoms with Crippen LogP contribution in [0.15, 0.2) is 24.3 Å². The minimum atomic E-state index is 0.609. The zero-order chi connectivity index (χ0) is 13.4. The molecule has 0 saturated carbocycles. The normalized spacial score (nSPS) is 10.7. The van der Waals surface area contributed by atoms with Gasteiger partial charge in [0.2, 0.25) is 0 Å². The summed E-state index contributed by atoms with van der Waals surface area (Å²) in [6, 6.07) is 10.5. The third kappa shape index (κ3) is 4.77. The van der Waals surface area contributed by atoms with Gasteiger partial charge < -0.3 is 10.2 Å². The Bertz CT molecular complexity index is 393. The number of anilines is 1. The van der Waals surface area contributed by atoms with Crippen molar-refractivity contribution in [2.45, 2.75) is 32.7 Å². The zero-order valence-electron chi connectivity index (χ0n) is 11.6. The zero-order valence-corrected chi connectivity index (χ0v) is 11.6. The summed E-state index contributed by atoms with van der Waals surface area (Å²) in [5, 5.41) is 12.3. The number of hydrogen-bond acceptors (Lipinski definition) is 3. The highest BCUT2D eigenvalue weighted by Crippen LogP contribution is 2.13. The number of unbranched alkanes of at least 4 members (excludes halogenated alkanes) is 1. The molecule has 1 N–H and O–H groups in total. The van der Waals surface area contributed by atoms with E-state index in [0.717, 1.165) is 30.8 Å². The van der Waals surface area contributed by atoms with Crippen LogP contribution in [0.3, 0.4) is 0 Å². The van der Waals surface area contributed by atoms with Gasteiger partial charge in [-0.05, 0) is 52.4 Å². The van der Waals surface area contributed by atoms with E-state index in [0.29, 0.717) is 6.04 Å². The lowest BCUT2D eigenvalue weighted by atomic mass is 10.2. The summed E-state index contributed by atoms with van der Waals surface area (Å²) in [6.07, 6.45) is 2.30. The second-order valence-electron chi connectivity index (χ2n) is 4.87. The Morgan fingerprint density at radius 1 is 1.28 bits per heavy atom. The number of para-hydroxylation sites is 1. The molecular weight excluding hydrogens is 222 g/mol. The predicted octanol–water partition coefficient (Wildman–Crippen LogP) is 3.09. The van der Waals surface area contributed by atoms with E-state index in [1.54, 1.807) is 0 Å². The number of hydrogen-bond donors (Lipinski definition) is 1. The first-order valence-electron chi connectivity index (χ1n) is 6.58. The minimum Gasteiger partial charge on any atom is -0.384 e. The maximum atomic E-state index is 8.96. The molecule has 18 heavy (non-hydrogen) atoms. The summed E-state index contributed by atoms with van der Waals surface area (Å²) in [4.78, 5) is 2.35. The number of benzene rings is 1. The van der Waals surface area contributed by atoms with Gasteiger partial charge >= 0.3 is 0 Å². The third-order valence-corrected chi connectivity index (χ3v) is 3.18. The Kier molecular flexibility index (Phi) is 6.24. The van der Waals surface area contributed by atoms with E-state index < -0.39 is 0 Å². The second kappa shape index (κ2) is 7.73. The molecule has 3 nitrogen and oxygen atoms in total. The average Bonchev–Trinajstić information content (AvgIpc) is 2.38. The number of nitriles is 1. The molecule has 1 aromatic rings. The Labute approximate surface area is 110 Å². The van der Waals surface area contributed by atoms with Gasteiger partial charge in [-0.15, -0.1) is 0 Å². The van der Waals surface area contributed by atoms with E-state index in [1.165, 1.54) is 6.42 Å². The van der Waals surface area contributed by atoms with Crippen LogP contribution in [-0.4, -0.2) is 31.1 Å². The van der Waals surface area contributed by atoms with Crippen molar-refractivity contribution < 1.29 is 0 Å². The van der Waals surface area contributed by atoms with Gasteiger partial charge in [0.05, 0.1) is 11.3 Å². The quantitative estimate of drug-likeness (QED) is 0.750. The van der Waals surface area contributed by atoms with Gasteiger partial charge in [-0.1, -0.05) is 12.1 Å². The third-order valence-electron chi connectivity index (χ3n) is 3.18. The first-order valence-corrected chi connectivity index (χ1v) is 6.58. The maximum absolute atomic E-state index is 8.96. The first-order chi connectivity index (χ1) is 8.65.